The Bertz CT molecular complexity index is 227. The van der Waals surface area contributed by atoms with Gasteiger partial charge in [-0.25, -0.2) is 0 Å². The second-order valence-electron chi connectivity index (χ2n) is 3.55. The average Bonchev–Trinajstić information content (AvgIpc) is 2.37. The van der Waals surface area contributed by atoms with E-state index in [1.54, 1.807) is 0 Å². The van der Waals surface area contributed by atoms with E-state index < -0.39 is 0 Å². The van der Waals surface area contributed by atoms with E-state index in [1.165, 1.54) is 18.5 Å². The van der Waals surface area contributed by atoms with Gasteiger partial charge in [-0.15, -0.1) is 0 Å². The Kier molecular flexibility index (Phi) is 3.32. The highest BCUT2D eigenvalue weighted by Crippen LogP contribution is 2.08. The molecule has 12 heavy (non-hydrogen) atoms. The molecule has 0 N–H and O–H groups in total. The lowest BCUT2D eigenvalue weighted by molar-refractivity contribution is 0.415. The molecule has 0 bridgehead atoms. The van der Waals surface area contributed by atoms with E-state index in [2.05, 4.69) is 36.6 Å². The molecule has 0 aromatic carbocycles. The summed E-state index contributed by atoms with van der Waals surface area (Å²) >= 11 is 0. The molecular weight excluding hydrogens is 148 g/mol. The Morgan fingerprint density at radius 2 is 2.33 bits per heavy atom. The highest BCUT2D eigenvalue weighted by atomic mass is 15.3. The molecule has 0 saturated carbocycles. The van der Waals surface area contributed by atoms with E-state index >= 15 is 0 Å². The standard InChI is InChI=1S/C10H18N2/c1-4-5-9(2)8-12-10(3)6-7-11-12/h6-7,9H,4-5,8H2,1-3H3. The Morgan fingerprint density at radius 3 is 2.83 bits per heavy atom. The third-order valence-corrected chi connectivity index (χ3v) is 2.20. The van der Waals surface area contributed by atoms with Crippen molar-refractivity contribution in [2.45, 2.75) is 40.2 Å². The zero-order valence-corrected chi connectivity index (χ0v) is 8.25. The second kappa shape index (κ2) is 4.29. The fourth-order valence-electron chi connectivity index (χ4n) is 1.47. The van der Waals surface area contributed by atoms with Gasteiger partial charge in [-0.3, -0.25) is 4.68 Å². The number of rotatable bonds is 4. The summed E-state index contributed by atoms with van der Waals surface area (Å²) in [4.78, 5) is 0. The van der Waals surface area contributed by atoms with Crippen LogP contribution in [0.15, 0.2) is 12.3 Å². The summed E-state index contributed by atoms with van der Waals surface area (Å²) in [6.45, 7) is 7.68. The van der Waals surface area contributed by atoms with E-state index in [4.69, 9.17) is 0 Å². The molecule has 1 rings (SSSR count). The van der Waals surface area contributed by atoms with Gasteiger partial charge in [0.2, 0.25) is 0 Å². The van der Waals surface area contributed by atoms with Crippen molar-refractivity contribution in [1.29, 1.82) is 0 Å². The topological polar surface area (TPSA) is 17.8 Å². The first-order valence-electron chi connectivity index (χ1n) is 4.72. The SMILES string of the molecule is CCCC(C)Cn1nccc1C. The molecule has 1 atom stereocenters. The van der Waals surface area contributed by atoms with Gasteiger partial charge in [0.1, 0.15) is 0 Å². The van der Waals surface area contributed by atoms with Crippen molar-refractivity contribution >= 4 is 0 Å². The van der Waals surface area contributed by atoms with Gasteiger partial charge in [-0.05, 0) is 25.3 Å². The first-order chi connectivity index (χ1) is 5.74. The molecule has 0 aliphatic heterocycles. The van der Waals surface area contributed by atoms with Gasteiger partial charge in [-0.2, -0.15) is 5.10 Å². The molecule has 0 saturated heterocycles. The third-order valence-electron chi connectivity index (χ3n) is 2.20. The molecular formula is C10H18N2. The highest BCUT2D eigenvalue weighted by Gasteiger charge is 2.03. The molecule has 0 spiro atoms. The van der Waals surface area contributed by atoms with Crippen molar-refractivity contribution in [3.8, 4) is 0 Å². The number of hydrogen-bond acceptors (Lipinski definition) is 1. The normalized spacial score (nSPS) is 13.2. The van der Waals surface area contributed by atoms with E-state index in [0.29, 0.717) is 0 Å². The van der Waals surface area contributed by atoms with Crippen LogP contribution in [0, 0.1) is 12.8 Å². The molecule has 0 radical (unpaired) electrons. The van der Waals surface area contributed by atoms with Gasteiger partial charge in [0.25, 0.3) is 0 Å². The van der Waals surface area contributed by atoms with Crippen LogP contribution in [-0.2, 0) is 6.54 Å². The molecule has 1 heterocycles. The van der Waals surface area contributed by atoms with Gasteiger partial charge in [0.05, 0.1) is 0 Å². The molecule has 1 aromatic rings. The number of nitrogens with zero attached hydrogens (tertiary/aromatic N) is 2. The molecule has 0 amide bonds. The monoisotopic (exact) mass is 166 g/mol. The average molecular weight is 166 g/mol. The zero-order valence-electron chi connectivity index (χ0n) is 8.25. The lowest BCUT2D eigenvalue weighted by Crippen LogP contribution is -2.09. The number of aryl methyl sites for hydroxylation is 1. The largest absolute Gasteiger partial charge is 0.270 e. The van der Waals surface area contributed by atoms with Crippen LogP contribution in [0.5, 0.6) is 0 Å². The Hall–Kier alpha value is -0.790. The van der Waals surface area contributed by atoms with Crippen molar-refractivity contribution < 1.29 is 0 Å². The van der Waals surface area contributed by atoms with E-state index in [-0.39, 0.29) is 0 Å². The summed E-state index contributed by atoms with van der Waals surface area (Å²) in [5.41, 5.74) is 1.26. The van der Waals surface area contributed by atoms with Crippen LogP contribution in [0.2, 0.25) is 0 Å². The Balaban J connectivity index is 2.46. The van der Waals surface area contributed by atoms with Gasteiger partial charge >= 0.3 is 0 Å². The van der Waals surface area contributed by atoms with Gasteiger partial charge in [-0.1, -0.05) is 20.3 Å². The highest BCUT2D eigenvalue weighted by molar-refractivity contribution is 4.96. The van der Waals surface area contributed by atoms with Crippen LogP contribution in [0.1, 0.15) is 32.4 Å². The molecule has 1 unspecified atom stereocenters. The second-order valence-corrected chi connectivity index (χ2v) is 3.55. The molecule has 2 heteroatoms. The quantitative estimate of drug-likeness (QED) is 0.672. The van der Waals surface area contributed by atoms with Crippen molar-refractivity contribution in [2.24, 2.45) is 5.92 Å². The summed E-state index contributed by atoms with van der Waals surface area (Å²) in [7, 11) is 0. The fourth-order valence-corrected chi connectivity index (χ4v) is 1.47. The van der Waals surface area contributed by atoms with E-state index in [9.17, 15) is 0 Å². The van der Waals surface area contributed by atoms with Gasteiger partial charge in [0, 0.05) is 18.4 Å². The molecule has 2 nitrogen and oxygen atoms in total. The number of hydrogen-bond donors (Lipinski definition) is 0. The summed E-state index contributed by atoms with van der Waals surface area (Å²) in [6, 6.07) is 2.05. The van der Waals surface area contributed by atoms with Crippen LogP contribution in [-0.4, -0.2) is 9.78 Å². The van der Waals surface area contributed by atoms with Crippen LogP contribution in [0.4, 0.5) is 0 Å². The molecule has 1 aromatic heterocycles. The maximum atomic E-state index is 4.25. The predicted molar refractivity (Wildman–Crippen MR) is 51.0 cm³/mol. The molecule has 68 valence electrons. The van der Waals surface area contributed by atoms with Crippen LogP contribution < -0.4 is 0 Å². The lowest BCUT2D eigenvalue weighted by atomic mass is 10.1. The number of aromatic nitrogens is 2. The summed E-state index contributed by atoms with van der Waals surface area (Å²) in [6.07, 6.45) is 4.43. The van der Waals surface area contributed by atoms with Gasteiger partial charge in [0.15, 0.2) is 0 Å². The van der Waals surface area contributed by atoms with Gasteiger partial charge < -0.3 is 0 Å². The fraction of sp³-hybridized carbons (Fsp3) is 0.700. The minimum Gasteiger partial charge on any atom is -0.270 e. The van der Waals surface area contributed by atoms with Crippen molar-refractivity contribution in [1.82, 2.24) is 9.78 Å². The summed E-state index contributed by atoms with van der Waals surface area (Å²) in [5, 5.41) is 4.25. The summed E-state index contributed by atoms with van der Waals surface area (Å²) < 4.78 is 2.08. The smallest absolute Gasteiger partial charge is 0.0492 e. The maximum absolute atomic E-state index is 4.25. The van der Waals surface area contributed by atoms with Crippen LogP contribution >= 0.6 is 0 Å². The zero-order chi connectivity index (χ0) is 8.97. The molecule has 0 aliphatic rings. The van der Waals surface area contributed by atoms with Crippen molar-refractivity contribution in [3.05, 3.63) is 18.0 Å². The summed E-state index contributed by atoms with van der Waals surface area (Å²) in [5.74, 6) is 0.744. The van der Waals surface area contributed by atoms with Crippen molar-refractivity contribution in [2.75, 3.05) is 0 Å². The van der Waals surface area contributed by atoms with Crippen molar-refractivity contribution in [3.63, 3.8) is 0 Å². The van der Waals surface area contributed by atoms with E-state index in [1.807, 2.05) is 6.20 Å². The first kappa shape index (κ1) is 9.30. The predicted octanol–water partition coefficient (Wildman–Crippen LogP) is 2.63. The Morgan fingerprint density at radius 1 is 1.58 bits per heavy atom. The minimum absolute atomic E-state index is 0.744. The third kappa shape index (κ3) is 2.36. The lowest BCUT2D eigenvalue weighted by Gasteiger charge is -2.11. The first-order valence-corrected chi connectivity index (χ1v) is 4.72. The maximum Gasteiger partial charge on any atom is 0.0492 e. The molecule has 0 fully saturated rings. The molecule has 0 aliphatic carbocycles. The van der Waals surface area contributed by atoms with Crippen LogP contribution in [0.25, 0.3) is 0 Å². The Labute approximate surface area is 74.6 Å². The van der Waals surface area contributed by atoms with Crippen LogP contribution in [0.3, 0.4) is 0 Å². The van der Waals surface area contributed by atoms with E-state index in [0.717, 1.165) is 12.5 Å². The minimum atomic E-state index is 0.744.